The van der Waals surface area contributed by atoms with E-state index >= 15 is 0 Å². The molecule has 0 aromatic carbocycles. The van der Waals surface area contributed by atoms with Crippen molar-refractivity contribution in [1.82, 2.24) is 19.6 Å². The second-order valence-corrected chi connectivity index (χ2v) is 3.82. The fourth-order valence-corrected chi connectivity index (χ4v) is 1.58. The van der Waals surface area contributed by atoms with E-state index in [0.717, 1.165) is 0 Å². The minimum atomic E-state index is -1.17. The van der Waals surface area contributed by atoms with E-state index in [0.29, 0.717) is 5.82 Å². The van der Waals surface area contributed by atoms with Gasteiger partial charge >= 0.3 is 5.97 Å². The lowest BCUT2D eigenvalue weighted by Gasteiger charge is -2.04. The topological polar surface area (TPSA) is 128 Å². The predicted octanol–water partition coefficient (Wildman–Crippen LogP) is -0.464. The standard InChI is InChI=1S/C10H12N6O3/c1-15-9(10(18)19)6(4-12-15)13-8(17)5-16-3-2-7(11)14-16/h2-4H,5H2,1H3,(H2,11,14)(H,13,17)(H,18,19). The minimum Gasteiger partial charge on any atom is -0.476 e. The van der Waals surface area contributed by atoms with Crippen LogP contribution in [0.25, 0.3) is 0 Å². The molecule has 9 nitrogen and oxygen atoms in total. The molecule has 0 saturated carbocycles. The molecule has 2 aromatic heterocycles. The summed E-state index contributed by atoms with van der Waals surface area (Å²) in [5.74, 6) is -1.28. The predicted molar refractivity (Wildman–Crippen MR) is 65.4 cm³/mol. The number of aromatic nitrogens is 4. The van der Waals surface area contributed by atoms with Crippen molar-refractivity contribution < 1.29 is 14.7 Å². The molecular formula is C10H12N6O3. The molecule has 0 bridgehead atoms. The van der Waals surface area contributed by atoms with Gasteiger partial charge in [0.1, 0.15) is 12.4 Å². The van der Waals surface area contributed by atoms with E-state index in [9.17, 15) is 9.59 Å². The van der Waals surface area contributed by atoms with Crippen LogP contribution in [0.5, 0.6) is 0 Å². The van der Waals surface area contributed by atoms with Gasteiger partial charge in [0.25, 0.3) is 0 Å². The summed E-state index contributed by atoms with van der Waals surface area (Å²) in [5, 5.41) is 19.1. The van der Waals surface area contributed by atoms with Gasteiger partial charge < -0.3 is 16.2 Å². The lowest BCUT2D eigenvalue weighted by Crippen LogP contribution is -2.20. The van der Waals surface area contributed by atoms with Crippen LogP contribution in [0.1, 0.15) is 10.5 Å². The van der Waals surface area contributed by atoms with Crippen LogP contribution in [0.4, 0.5) is 11.5 Å². The zero-order chi connectivity index (χ0) is 14.0. The number of carbonyl (C=O) groups excluding carboxylic acids is 1. The molecule has 9 heteroatoms. The van der Waals surface area contributed by atoms with E-state index in [4.69, 9.17) is 10.8 Å². The molecule has 0 aliphatic heterocycles. The highest BCUT2D eigenvalue weighted by Crippen LogP contribution is 2.13. The molecule has 0 saturated heterocycles. The molecule has 2 rings (SSSR count). The molecule has 0 aliphatic carbocycles. The third-order valence-electron chi connectivity index (χ3n) is 2.38. The van der Waals surface area contributed by atoms with E-state index < -0.39 is 11.9 Å². The lowest BCUT2D eigenvalue weighted by atomic mass is 10.3. The first-order valence-corrected chi connectivity index (χ1v) is 5.31. The summed E-state index contributed by atoms with van der Waals surface area (Å²) in [7, 11) is 1.48. The quantitative estimate of drug-likeness (QED) is 0.685. The number of aromatic carboxylic acids is 1. The van der Waals surface area contributed by atoms with Gasteiger partial charge in [-0.1, -0.05) is 0 Å². The lowest BCUT2D eigenvalue weighted by molar-refractivity contribution is -0.116. The summed E-state index contributed by atoms with van der Waals surface area (Å²) < 4.78 is 2.52. The Morgan fingerprint density at radius 3 is 2.84 bits per heavy atom. The summed E-state index contributed by atoms with van der Waals surface area (Å²) in [5.41, 5.74) is 5.47. The van der Waals surface area contributed by atoms with Crippen LogP contribution in [0.15, 0.2) is 18.5 Å². The number of rotatable bonds is 4. The van der Waals surface area contributed by atoms with Crippen LogP contribution in [0.3, 0.4) is 0 Å². The SMILES string of the molecule is Cn1ncc(NC(=O)Cn2ccc(N)n2)c1C(=O)O. The van der Waals surface area contributed by atoms with Gasteiger partial charge in [-0.15, -0.1) is 0 Å². The molecule has 1 amide bonds. The fourth-order valence-electron chi connectivity index (χ4n) is 1.58. The van der Waals surface area contributed by atoms with Gasteiger partial charge in [-0.25, -0.2) is 4.79 Å². The molecule has 0 radical (unpaired) electrons. The van der Waals surface area contributed by atoms with Gasteiger partial charge in [0.2, 0.25) is 5.91 Å². The van der Waals surface area contributed by atoms with Gasteiger partial charge in [-0.3, -0.25) is 14.2 Å². The Labute approximate surface area is 107 Å². The zero-order valence-corrected chi connectivity index (χ0v) is 10.1. The number of nitrogens with one attached hydrogen (secondary N) is 1. The summed E-state index contributed by atoms with van der Waals surface area (Å²) >= 11 is 0. The number of hydrogen-bond acceptors (Lipinski definition) is 5. The average molecular weight is 264 g/mol. The Bertz CT molecular complexity index is 629. The maximum atomic E-state index is 11.7. The third kappa shape index (κ3) is 2.70. The number of aryl methyl sites for hydroxylation is 1. The van der Waals surface area contributed by atoms with Crippen molar-refractivity contribution >= 4 is 23.4 Å². The molecule has 0 unspecified atom stereocenters. The van der Waals surface area contributed by atoms with Crippen molar-refractivity contribution in [3.63, 3.8) is 0 Å². The first-order valence-electron chi connectivity index (χ1n) is 5.31. The van der Waals surface area contributed by atoms with Crippen molar-refractivity contribution in [2.75, 3.05) is 11.1 Å². The molecule has 0 atom stereocenters. The number of carboxylic acid groups (broad SMARTS) is 1. The second kappa shape index (κ2) is 4.80. The number of carboxylic acids is 1. The second-order valence-electron chi connectivity index (χ2n) is 3.82. The Balaban J connectivity index is 2.09. The van der Waals surface area contributed by atoms with Crippen molar-refractivity contribution in [3.05, 3.63) is 24.2 Å². The summed E-state index contributed by atoms with van der Waals surface area (Å²) in [6, 6.07) is 1.56. The highest BCUT2D eigenvalue weighted by molar-refractivity contribution is 5.99. The fraction of sp³-hybridized carbons (Fsp3) is 0.200. The highest BCUT2D eigenvalue weighted by Gasteiger charge is 2.17. The molecule has 0 spiro atoms. The summed E-state index contributed by atoms with van der Waals surface area (Å²) in [4.78, 5) is 22.7. The van der Waals surface area contributed by atoms with E-state index in [1.807, 2.05) is 0 Å². The Hall–Kier alpha value is -2.84. The van der Waals surface area contributed by atoms with E-state index in [-0.39, 0.29) is 17.9 Å². The van der Waals surface area contributed by atoms with Crippen LogP contribution in [-0.2, 0) is 18.4 Å². The number of anilines is 2. The smallest absolute Gasteiger partial charge is 0.356 e. The van der Waals surface area contributed by atoms with Crippen LogP contribution in [0, 0.1) is 0 Å². The zero-order valence-electron chi connectivity index (χ0n) is 10.1. The van der Waals surface area contributed by atoms with Crippen LogP contribution in [0.2, 0.25) is 0 Å². The Kier molecular flexibility index (Phi) is 3.19. The van der Waals surface area contributed by atoms with Gasteiger partial charge in [-0.2, -0.15) is 10.2 Å². The van der Waals surface area contributed by atoms with Crippen LogP contribution >= 0.6 is 0 Å². The van der Waals surface area contributed by atoms with Crippen LogP contribution < -0.4 is 11.1 Å². The molecule has 0 aliphatic rings. The Morgan fingerprint density at radius 1 is 1.53 bits per heavy atom. The maximum Gasteiger partial charge on any atom is 0.356 e. The van der Waals surface area contributed by atoms with Crippen molar-refractivity contribution in [2.24, 2.45) is 7.05 Å². The van der Waals surface area contributed by atoms with E-state index in [1.54, 1.807) is 12.3 Å². The number of nitrogens with two attached hydrogens (primary N) is 1. The maximum absolute atomic E-state index is 11.7. The first kappa shape index (κ1) is 12.6. The van der Waals surface area contributed by atoms with Crippen molar-refractivity contribution in [2.45, 2.75) is 6.54 Å². The van der Waals surface area contributed by atoms with E-state index in [2.05, 4.69) is 15.5 Å². The molecule has 4 N–H and O–H groups in total. The third-order valence-corrected chi connectivity index (χ3v) is 2.38. The minimum absolute atomic E-state index is 0.0643. The van der Waals surface area contributed by atoms with Gasteiger partial charge in [0, 0.05) is 13.2 Å². The molecule has 2 heterocycles. The number of carbonyl (C=O) groups is 2. The molecule has 0 fully saturated rings. The number of nitrogen functional groups attached to an aromatic ring is 1. The van der Waals surface area contributed by atoms with Gasteiger partial charge in [0.15, 0.2) is 5.69 Å². The highest BCUT2D eigenvalue weighted by atomic mass is 16.4. The number of hydrogen-bond donors (Lipinski definition) is 3. The largest absolute Gasteiger partial charge is 0.476 e. The van der Waals surface area contributed by atoms with Crippen LogP contribution in [-0.4, -0.2) is 36.5 Å². The normalized spacial score (nSPS) is 10.4. The average Bonchev–Trinajstić information content (AvgIpc) is 2.85. The first-order chi connectivity index (χ1) is 8.97. The van der Waals surface area contributed by atoms with Crippen molar-refractivity contribution in [3.8, 4) is 0 Å². The summed E-state index contributed by atoms with van der Waals surface area (Å²) in [6.45, 7) is -0.0643. The molecule has 2 aromatic rings. The molecule has 19 heavy (non-hydrogen) atoms. The summed E-state index contributed by atoms with van der Waals surface area (Å²) in [6.07, 6.45) is 2.83. The number of amides is 1. The van der Waals surface area contributed by atoms with Gasteiger partial charge in [-0.05, 0) is 6.07 Å². The molecule has 100 valence electrons. The van der Waals surface area contributed by atoms with Gasteiger partial charge in [0.05, 0.1) is 11.9 Å². The number of nitrogens with zero attached hydrogens (tertiary/aromatic N) is 4. The van der Waals surface area contributed by atoms with E-state index in [1.165, 1.54) is 22.6 Å². The Morgan fingerprint density at radius 2 is 2.26 bits per heavy atom. The molecular weight excluding hydrogens is 252 g/mol. The monoisotopic (exact) mass is 264 g/mol. The van der Waals surface area contributed by atoms with Crippen molar-refractivity contribution in [1.29, 1.82) is 0 Å².